The van der Waals surface area contributed by atoms with E-state index < -0.39 is 0 Å². The summed E-state index contributed by atoms with van der Waals surface area (Å²) in [4.78, 5) is 13.6. The molecule has 0 bridgehead atoms. The van der Waals surface area contributed by atoms with Gasteiger partial charge in [-0.1, -0.05) is 19.1 Å². The third-order valence-corrected chi connectivity index (χ3v) is 3.42. The molecule has 0 radical (unpaired) electrons. The number of likely N-dealkylation sites (N-methyl/N-ethyl adjacent to an activating group) is 1. The summed E-state index contributed by atoms with van der Waals surface area (Å²) in [6, 6.07) is 8.01. The molecule has 1 unspecified atom stereocenters. The molecule has 112 valence electrons. The van der Waals surface area contributed by atoms with Crippen LogP contribution in [0.5, 0.6) is 5.75 Å². The number of carbonyl (C=O) groups is 1. The summed E-state index contributed by atoms with van der Waals surface area (Å²) in [5, 5.41) is 0. The molecule has 0 aliphatic carbocycles. The van der Waals surface area contributed by atoms with Gasteiger partial charge in [0.05, 0.1) is 0 Å². The number of rotatable bonds is 8. The molecule has 2 N–H and O–H groups in total. The molecule has 0 heterocycles. The molecule has 4 heteroatoms. The van der Waals surface area contributed by atoms with Gasteiger partial charge < -0.3 is 15.4 Å². The molecule has 1 aromatic carbocycles. The standard InChI is InChI=1S/C16H26N2O2/c1-4-14(17)11-13-7-9-15(10-8-13)20-12-16(19)18(5-2)6-3/h7-10,14H,4-6,11-12,17H2,1-3H3. The molecule has 4 nitrogen and oxygen atoms in total. The predicted molar refractivity (Wildman–Crippen MR) is 81.8 cm³/mol. The van der Waals surface area contributed by atoms with Gasteiger partial charge in [0.1, 0.15) is 5.75 Å². The normalized spacial score (nSPS) is 12.0. The first kappa shape index (κ1) is 16.5. The maximum atomic E-state index is 11.8. The number of ether oxygens (including phenoxy) is 1. The van der Waals surface area contributed by atoms with Crippen molar-refractivity contribution in [3.63, 3.8) is 0 Å². The van der Waals surface area contributed by atoms with Gasteiger partial charge in [0, 0.05) is 19.1 Å². The lowest BCUT2D eigenvalue weighted by Crippen LogP contribution is -2.34. The smallest absolute Gasteiger partial charge is 0.260 e. The molecule has 1 aromatic rings. The summed E-state index contributed by atoms with van der Waals surface area (Å²) in [6.45, 7) is 7.54. The van der Waals surface area contributed by atoms with Crippen LogP contribution in [0, 0.1) is 0 Å². The second kappa shape index (κ2) is 8.59. The monoisotopic (exact) mass is 278 g/mol. The topological polar surface area (TPSA) is 55.6 Å². The number of nitrogens with zero attached hydrogens (tertiary/aromatic N) is 1. The maximum absolute atomic E-state index is 11.8. The van der Waals surface area contributed by atoms with Crippen LogP contribution in [-0.2, 0) is 11.2 Å². The molecule has 1 rings (SSSR count). The number of benzene rings is 1. The second-order valence-corrected chi connectivity index (χ2v) is 4.87. The van der Waals surface area contributed by atoms with Gasteiger partial charge in [-0.05, 0) is 44.4 Å². The van der Waals surface area contributed by atoms with E-state index in [1.54, 1.807) is 4.90 Å². The van der Waals surface area contributed by atoms with Crippen LogP contribution in [0.2, 0.25) is 0 Å². The Labute approximate surface area is 121 Å². The van der Waals surface area contributed by atoms with Gasteiger partial charge in [0.2, 0.25) is 0 Å². The van der Waals surface area contributed by atoms with Crippen LogP contribution >= 0.6 is 0 Å². The minimum Gasteiger partial charge on any atom is -0.484 e. The summed E-state index contributed by atoms with van der Waals surface area (Å²) in [7, 11) is 0. The fourth-order valence-corrected chi connectivity index (χ4v) is 1.98. The van der Waals surface area contributed by atoms with E-state index in [1.807, 2.05) is 38.1 Å². The third-order valence-electron chi connectivity index (χ3n) is 3.42. The Hall–Kier alpha value is -1.55. The fourth-order valence-electron chi connectivity index (χ4n) is 1.98. The fraction of sp³-hybridized carbons (Fsp3) is 0.562. The first-order chi connectivity index (χ1) is 9.60. The quantitative estimate of drug-likeness (QED) is 0.793. The van der Waals surface area contributed by atoms with E-state index >= 15 is 0 Å². The number of nitrogens with two attached hydrogens (primary N) is 1. The van der Waals surface area contributed by atoms with Crippen LogP contribution < -0.4 is 10.5 Å². The number of hydrogen-bond acceptors (Lipinski definition) is 3. The van der Waals surface area contributed by atoms with Crippen LogP contribution in [-0.4, -0.2) is 36.5 Å². The Balaban J connectivity index is 2.47. The number of carbonyl (C=O) groups excluding carboxylic acids is 1. The highest BCUT2D eigenvalue weighted by atomic mass is 16.5. The Bertz CT molecular complexity index is 399. The van der Waals surface area contributed by atoms with E-state index in [9.17, 15) is 4.79 Å². The van der Waals surface area contributed by atoms with Gasteiger partial charge in [0.25, 0.3) is 5.91 Å². The molecule has 0 aliphatic rings. The van der Waals surface area contributed by atoms with E-state index in [0.717, 1.165) is 18.6 Å². The van der Waals surface area contributed by atoms with Crippen LogP contribution in [0.3, 0.4) is 0 Å². The lowest BCUT2D eigenvalue weighted by Gasteiger charge is -2.18. The van der Waals surface area contributed by atoms with E-state index in [-0.39, 0.29) is 18.6 Å². The van der Waals surface area contributed by atoms with Gasteiger partial charge in [0.15, 0.2) is 6.61 Å². The van der Waals surface area contributed by atoms with Crippen LogP contribution in [0.4, 0.5) is 0 Å². The minimum atomic E-state index is 0.0204. The zero-order chi connectivity index (χ0) is 15.0. The van der Waals surface area contributed by atoms with Crippen molar-refractivity contribution in [2.45, 2.75) is 39.7 Å². The summed E-state index contributed by atoms with van der Waals surface area (Å²) < 4.78 is 5.52. The van der Waals surface area contributed by atoms with Crippen molar-refractivity contribution in [1.82, 2.24) is 4.90 Å². The molecule has 0 spiro atoms. The zero-order valence-electron chi connectivity index (χ0n) is 12.8. The molecule has 0 saturated carbocycles. The molecular weight excluding hydrogens is 252 g/mol. The highest BCUT2D eigenvalue weighted by Gasteiger charge is 2.10. The Morgan fingerprint density at radius 2 is 1.80 bits per heavy atom. The largest absolute Gasteiger partial charge is 0.484 e. The Morgan fingerprint density at radius 1 is 1.20 bits per heavy atom. The highest BCUT2D eigenvalue weighted by molar-refractivity contribution is 5.77. The summed E-state index contributed by atoms with van der Waals surface area (Å²) in [5.41, 5.74) is 7.12. The molecule has 0 aromatic heterocycles. The van der Waals surface area contributed by atoms with E-state index in [2.05, 4.69) is 6.92 Å². The summed E-state index contributed by atoms with van der Waals surface area (Å²) in [5.74, 6) is 0.742. The van der Waals surface area contributed by atoms with Crippen molar-refractivity contribution in [1.29, 1.82) is 0 Å². The Kier molecular flexibility index (Phi) is 7.09. The van der Waals surface area contributed by atoms with Gasteiger partial charge in [-0.2, -0.15) is 0 Å². The van der Waals surface area contributed by atoms with E-state index in [0.29, 0.717) is 13.1 Å². The maximum Gasteiger partial charge on any atom is 0.260 e. The predicted octanol–water partition coefficient (Wildman–Crippen LogP) is 2.21. The second-order valence-electron chi connectivity index (χ2n) is 4.87. The van der Waals surface area contributed by atoms with Crippen LogP contribution in [0.1, 0.15) is 32.8 Å². The number of amides is 1. The first-order valence-corrected chi connectivity index (χ1v) is 7.35. The summed E-state index contributed by atoms with van der Waals surface area (Å²) >= 11 is 0. The van der Waals surface area contributed by atoms with Crippen molar-refractivity contribution in [2.24, 2.45) is 5.73 Å². The summed E-state index contributed by atoms with van der Waals surface area (Å²) in [6.07, 6.45) is 1.84. The van der Waals surface area contributed by atoms with Crippen molar-refractivity contribution >= 4 is 5.91 Å². The van der Waals surface area contributed by atoms with Gasteiger partial charge in [-0.15, -0.1) is 0 Å². The molecule has 0 aliphatic heterocycles. The minimum absolute atomic E-state index is 0.0204. The molecular formula is C16H26N2O2. The van der Waals surface area contributed by atoms with Crippen LogP contribution in [0.25, 0.3) is 0 Å². The van der Waals surface area contributed by atoms with Crippen molar-refractivity contribution < 1.29 is 9.53 Å². The van der Waals surface area contributed by atoms with Crippen molar-refractivity contribution in [3.05, 3.63) is 29.8 Å². The Morgan fingerprint density at radius 3 is 2.30 bits per heavy atom. The van der Waals surface area contributed by atoms with Gasteiger partial charge in [-0.25, -0.2) is 0 Å². The van der Waals surface area contributed by atoms with Gasteiger partial charge >= 0.3 is 0 Å². The average Bonchev–Trinajstić information content (AvgIpc) is 2.47. The lowest BCUT2D eigenvalue weighted by molar-refractivity contribution is -0.132. The molecule has 1 atom stereocenters. The van der Waals surface area contributed by atoms with E-state index in [1.165, 1.54) is 5.56 Å². The highest BCUT2D eigenvalue weighted by Crippen LogP contribution is 2.14. The lowest BCUT2D eigenvalue weighted by atomic mass is 10.0. The SMILES string of the molecule is CCC(N)Cc1ccc(OCC(=O)N(CC)CC)cc1. The van der Waals surface area contributed by atoms with Crippen LogP contribution in [0.15, 0.2) is 24.3 Å². The third kappa shape index (κ3) is 5.21. The molecule has 0 fully saturated rings. The molecule has 1 amide bonds. The average molecular weight is 278 g/mol. The molecule has 20 heavy (non-hydrogen) atoms. The zero-order valence-corrected chi connectivity index (χ0v) is 12.8. The van der Waals surface area contributed by atoms with E-state index in [4.69, 9.17) is 10.5 Å². The van der Waals surface area contributed by atoms with Gasteiger partial charge in [-0.3, -0.25) is 4.79 Å². The van der Waals surface area contributed by atoms with Crippen molar-refractivity contribution in [2.75, 3.05) is 19.7 Å². The number of hydrogen-bond donors (Lipinski definition) is 1. The first-order valence-electron chi connectivity index (χ1n) is 7.35. The van der Waals surface area contributed by atoms with Crippen molar-refractivity contribution in [3.8, 4) is 5.75 Å². The molecule has 0 saturated heterocycles.